The Kier molecular flexibility index (Phi) is 14.9. The van der Waals surface area contributed by atoms with Gasteiger partial charge in [-0.3, -0.25) is 28.8 Å². The van der Waals surface area contributed by atoms with Crippen molar-refractivity contribution in [2.24, 2.45) is 0 Å². The number of ketones is 2. The lowest BCUT2D eigenvalue weighted by Gasteiger charge is -2.34. The summed E-state index contributed by atoms with van der Waals surface area (Å²) in [6, 6.07) is 35.7. The van der Waals surface area contributed by atoms with E-state index in [1.165, 1.54) is 36.4 Å². The fourth-order valence-electron chi connectivity index (χ4n) is 11.2. The number of aliphatic carboxylic acids is 2. The summed E-state index contributed by atoms with van der Waals surface area (Å²) in [5.74, 6) is -1.77. The highest BCUT2D eigenvalue weighted by Gasteiger charge is 2.26. The van der Waals surface area contributed by atoms with E-state index in [2.05, 4.69) is 19.8 Å². The lowest BCUT2D eigenvalue weighted by Crippen LogP contribution is -2.47. The molecule has 0 bridgehead atoms. The molecule has 0 spiro atoms. The number of H-pyrrole nitrogens is 2. The third kappa shape index (κ3) is 10.5. The molecule has 11 rings (SSSR count). The number of rotatable bonds is 20. The number of carbonyl (C=O) groups is 4. The van der Waals surface area contributed by atoms with Crippen LogP contribution in [0.3, 0.4) is 0 Å². The molecule has 10 aromatic rings. The quantitative estimate of drug-likeness (QED) is 0.0462. The molecular weight excluding hydrogens is 1050 g/mol. The van der Waals surface area contributed by atoms with E-state index < -0.39 is 47.5 Å². The van der Waals surface area contributed by atoms with Gasteiger partial charge < -0.3 is 48.3 Å². The van der Waals surface area contributed by atoms with Crippen molar-refractivity contribution in [1.82, 2.24) is 37.7 Å². The third-order valence-corrected chi connectivity index (χ3v) is 15.2. The smallest absolute Gasteiger partial charge is 0.329 e. The van der Waals surface area contributed by atoms with E-state index in [1.807, 2.05) is 120 Å². The van der Waals surface area contributed by atoms with Gasteiger partial charge in [0.1, 0.15) is 24.6 Å². The fraction of sp³-hybridized carbons (Fsp3) is 0.226. The zero-order valence-electron chi connectivity index (χ0n) is 44.8. The van der Waals surface area contributed by atoms with Gasteiger partial charge in [-0.05, 0) is 146 Å². The number of aromatic amines is 2. The van der Waals surface area contributed by atoms with Crippen LogP contribution in [0.5, 0.6) is 11.5 Å². The molecule has 20 nitrogen and oxygen atoms in total. The number of piperazine rings is 1. The summed E-state index contributed by atoms with van der Waals surface area (Å²) < 4.78 is 17.5. The summed E-state index contributed by atoms with van der Waals surface area (Å²) in [6.07, 6.45) is 5.53. The van der Waals surface area contributed by atoms with Gasteiger partial charge >= 0.3 is 23.3 Å². The molecule has 0 saturated carbocycles. The average Bonchev–Trinajstić information content (AvgIpc) is 4.03. The topological polar surface area (TPSA) is 252 Å². The van der Waals surface area contributed by atoms with Crippen LogP contribution in [0.25, 0.3) is 55.4 Å². The number of ether oxygens (including phenoxy) is 2. The Balaban J connectivity index is 0.642. The lowest BCUT2D eigenvalue weighted by atomic mass is 9.98. The Labute approximate surface area is 466 Å². The molecule has 0 radical (unpaired) electrons. The molecule has 7 heterocycles. The number of hydrogen-bond acceptors (Lipinski definition) is 12. The Bertz CT molecular complexity index is 4140. The van der Waals surface area contributed by atoms with Gasteiger partial charge in [0.05, 0.1) is 68.6 Å². The van der Waals surface area contributed by atoms with E-state index >= 15 is 0 Å². The van der Waals surface area contributed by atoms with Crippen molar-refractivity contribution in [2.75, 3.05) is 52.5 Å². The highest BCUT2D eigenvalue weighted by Crippen LogP contribution is 2.36. The first kappa shape index (κ1) is 54.1. The predicted octanol–water partition coefficient (Wildman–Crippen LogP) is 6.64. The molecule has 6 aromatic heterocycles. The molecule has 1 fully saturated rings. The van der Waals surface area contributed by atoms with Gasteiger partial charge in [-0.25, -0.2) is 18.7 Å². The van der Waals surface area contributed by atoms with Crippen LogP contribution < -0.4 is 32.0 Å². The number of aromatic nitrogens is 6. The van der Waals surface area contributed by atoms with Crippen molar-refractivity contribution >= 4 is 56.3 Å². The maximum absolute atomic E-state index is 14.2. The van der Waals surface area contributed by atoms with Gasteiger partial charge in [-0.15, -0.1) is 0 Å². The number of pyridine rings is 2. The van der Waals surface area contributed by atoms with Crippen LogP contribution in [0.4, 0.5) is 0 Å². The third-order valence-electron chi connectivity index (χ3n) is 15.2. The second kappa shape index (κ2) is 22.7. The first-order valence-electron chi connectivity index (χ1n) is 26.8. The molecule has 4 aromatic carbocycles. The highest BCUT2D eigenvalue weighted by atomic mass is 16.5. The van der Waals surface area contributed by atoms with Crippen molar-refractivity contribution < 1.29 is 38.9 Å². The van der Waals surface area contributed by atoms with Crippen molar-refractivity contribution in [3.8, 4) is 34.0 Å². The summed E-state index contributed by atoms with van der Waals surface area (Å²) in [4.78, 5) is 112. The Hall–Kier alpha value is -9.92. The van der Waals surface area contributed by atoms with Crippen LogP contribution in [0.15, 0.2) is 153 Å². The van der Waals surface area contributed by atoms with E-state index in [0.717, 1.165) is 97.3 Å². The molecule has 1 aliphatic rings. The van der Waals surface area contributed by atoms with Crippen LogP contribution in [-0.4, -0.2) is 124 Å². The number of fused-ring (bicyclic) bond motifs is 4. The second-order valence-electron chi connectivity index (χ2n) is 20.4. The SMILES string of the molecule is Cc1c(C(=O)c2ccc3c(=O)n(CC(=O)O)c(=O)[nH]c3c2)c2ccccn2c1-c1ccc(OCCCN2CCN(CCCOc3ccc(-c4c(C)c(C(=O)c5ccc6c(=O)n(CC(=O)O)c(=O)[nH]c6c5)c5ccccn45)cc3)CC2)cc1. The molecule has 4 N–H and O–H groups in total. The molecule has 0 amide bonds. The fourth-order valence-corrected chi connectivity index (χ4v) is 11.2. The summed E-state index contributed by atoms with van der Waals surface area (Å²) in [5, 5.41) is 18.5. The van der Waals surface area contributed by atoms with Crippen LogP contribution in [-0.2, 0) is 22.7 Å². The summed E-state index contributed by atoms with van der Waals surface area (Å²) in [6.45, 7) is 9.02. The molecule has 0 aliphatic carbocycles. The average molecular weight is 1110 g/mol. The minimum atomic E-state index is -1.33. The van der Waals surface area contributed by atoms with Gasteiger partial charge in [0.25, 0.3) is 11.1 Å². The number of benzene rings is 4. The number of nitrogens with zero attached hydrogens (tertiary/aromatic N) is 6. The van der Waals surface area contributed by atoms with Crippen molar-refractivity contribution in [3.63, 3.8) is 0 Å². The number of carboxylic acid groups (broad SMARTS) is 2. The van der Waals surface area contributed by atoms with E-state index in [-0.39, 0.29) is 44.5 Å². The molecular formula is C62H56N8O12. The first-order valence-corrected chi connectivity index (χ1v) is 26.8. The van der Waals surface area contributed by atoms with E-state index in [9.17, 15) is 38.4 Å². The molecule has 0 unspecified atom stereocenters. The van der Waals surface area contributed by atoms with Gasteiger partial charge in [0.15, 0.2) is 11.6 Å². The minimum absolute atomic E-state index is 0.0937. The zero-order chi connectivity index (χ0) is 57.3. The lowest BCUT2D eigenvalue weighted by molar-refractivity contribution is -0.138. The Morgan fingerprint density at radius 3 is 1.28 bits per heavy atom. The Morgan fingerprint density at radius 1 is 0.512 bits per heavy atom. The van der Waals surface area contributed by atoms with Gasteiger partial charge in [-0.2, -0.15) is 0 Å². The van der Waals surface area contributed by atoms with E-state index in [1.54, 1.807) is 0 Å². The normalized spacial score (nSPS) is 13.1. The maximum atomic E-state index is 14.2. The van der Waals surface area contributed by atoms with E-state index in [4.69, 9.17) is 19.7 Å². The van der Waals surface area contributed by atoms with Gasteiger partial charge in [0.2, 0.25) is 0 Å². The molecule has 20 heteroatoms. The summed E-state index contributed by atoms with van der Waals surface area (Å²) in [5.41, 5.74) is 4.83. The Morgan fingerprint density at radius 2 is 0.902 bits per heavy atom. The highest BCUT2D eigenvalue weighted by molar-refractivity contribution is 6.17. The van der Waals surface area contributed by atoms with Crippen LogP contribution >= 0.6 is 0 Å². The minimum Gasteiger partial charge on any atom is -0.494 e. The second-order valence-corrected chi connectivity index (χ2v) is 20.4. The van der Waals surface area contributed by atoms with Gasteiger partial charge in [0, 0.05) is 62.8 Å². The monoisotopic (exact) mass is 1100 g/mol. The molecule has 1 saturated heterocycles. The van der Waals surface area contributed by atoms with E-state index in [0.29, 0.717) is 44.5 Å². The van der Waals surface area contributed by atoms with Crippen molar-refractivity contribution in [3.05, 3.63) is 209 Å². The van der Waals surface area contributed by atoms with Gasteiger partial charge in [-0.1, -0.05) is 24.3 Å². The van der Waals surface area contributed by atoms with Crippen molar-refractivity contribution in [2.45, 2.75) is 39.8 Å². The van der Waals surface area contributed by atoms with Crippen LogP contribution in [0, 0.1) is 13.8 Å². The largest absolute Gasteiger partial charge is 0.494 e. The molecule has 1 aliphatic heterocycles. The number of carbonyl (C=O) groups excluding carboxylic acids is 2. The summed E-state index contributed by atoms with van der Waals surface area (Å²) in [7, 11) is 0. The number of carboxylic acids is 2. The number of nitrogens with one attached hydrogen (secondary N) is 2. The van der Waals surface area contributed by atoms with Crippen LogP contribution in [0.2, 0.25) is 0 Å². The first-order chi connectivity index (χ1) is 39.6. The molecule has 82 heavy (non-hydrogen) atoms. The predicted molar refractivity (Wildman–Crippen MR) is 308 cm³/mol. The van der Waals surface area contributed by atoms with Crippen LogP contribution in [0.1, 0.15) is 55.8 Å². The zero-order valence-corrected chi connectivity index (χ0v) is 44.8. The maximum Gasteiger partial charge on any atom is 0.329 e. The molecule has 0 atom stereocenters. The standard InChI is InChI=1S/C62H56N8O12/c1-37-53(57(75)41-15-21-45-47(33-41)63-61(79)69(59(45)77)35-51(71)72)49-9-3-5-25-67(49)55(37)39-11-17-43(18-12-39)81-31-7-23-65-27-29-66(30-28-65)24-8-32-82-44-19-13-40(14-20-44)56-38(2)54(50-10-4-6-26-68(50)56)58(76)42-16-22-46-48(34-42)64-62(80)70(60(46)78)36-52(73)74/h3-6,9-22,25-26,33-34H,7-8,23-24,27-32,35-36H2,1-2H3,(H,63,79)(H,64,80)(H,71,72)(H,73,74). The molecule has 416 valence electrons. The number of hydrogen-bond donors (Lipinski definition) is 4. The van der Waals surface area contributed by atoms with Crippen molar-refractivity contribution in [1.29, 1.82) is 0 Å². The summed E-state index contributed by atoms with van der Waals surface area (Å²) >= 11 is 0.